The monoisotopic (exact) mass is 552 g/mol. The van der Waals surface area contributed by atoms with Crippen LogP contribution in [-0.4, -0.2) is 39.6 Å². The van der Waals surface area contributed by atoms with E-state index in [0.717, 1.165) is 18.4 Å². The number of nitrogens with one attached hydrogen (secondary N) is 1. The van der Waals surface area contributed by atoms with Gasteiger partial charge in [0.05, 0.1) is 11.1 Å². The summed E-state index contributed by atoms with van der Waals surface area (Å²) in [5.74, 6) is -2.14. The van der Waals surface area contributed by atoms with Crippen LogP contribution >= 0.6 is 23.4 Å². The maximum absolute atomic E-state index is 13.2. The van der Waals surface area contributed by atoms with Crippen molar-refractivity contribution in [2.45, 2.75) is 37.7 Å². The lowest BCUT2D eigenvalue weighted by atomic mass is 10.2. The number of benzene rings is 2. The second-order valence-corrected chi connectivity index (χ2v) is 8.94. The van der Waals surface area contributed by atoms with Gasteiger partial charge in [-0.1, -0.05) is 30.9 Å². The molecular formula is C27H28ClF3N2O3S. The molecule has 2 aromatic carbocycles. The van der Waals surface area contributed by atoms with Crippen molar-refractivity contribution < 1.29 is 28.2 Å². The average Bonchev–Trinajstić information content (AvgIpc) is 2.88. The van der Waals surface area contributed by atoms with Gasteiger partial charge in [0.2, 0.25) is 0 Å². The molecular weight excluding hydrogens is 525 g/mol. The third-order valence-electron chi connectivity index (χ3n) is 4.27. The van der Waals surface area contributed by atoms with Gasteiger partial charge in [0.1, 0.15) is 0 Å². The lowest BCUT2D eigenvalue weighted by Crippen LogP contribution is -2.13. The molecule has 3 aromatic rings. The second kappa shape index (κ2) is 17.4. The van der Waals surface area contributed by atoms with Crippen LogP contribution in [0.1, 0.15) is 42.6 Å². The number of aliphatic hydroxyl groups is 2. The Labute approximate surface area is 224 Å². The molecule has 198 valence electrons. The highest BCUT2D eigenvalue weighted by Crippen LogP contribution is 2.29. The van der Waals surface area contributed by atoms with Crippen molar-refractivity contribution in [1.82, 2.24) is 4.98 Å². The smallest absolute Gasteiger partial charge is 0.255 e. The second-order valence-electron chi connectivity index (χ2n) is 7.47. The van der Waals surface area contributed by atoms with E-state index >= 15 is 0 Å². The summed E-state index contributed by atoms with van der Waals surface area (Å²) in [6.07, 6.45) is 9.91. The molecule has 10 heteroatoms. The Kier molecular flexibility index (Phi) is 15.1. The van der Waals surface area contributed by atoms with Crippen molar-refractivity contribution >= 4 is 35.0 Å². The third kappa shape index (κ3) is 12.2. The Morgan fingerprint density at radius 1 is 1.16 bits per heavy atom. The molecule has 0 fully saturated rings. The number of rotatable bonds is 7. The fourth-order valence-electron chi connectivity index (χ4n) is 2.40. The van der Waals surface area contributed by atoms with Gasteiger partial charge in [-0.3, -0.25) is 9.78 Å². The minimum absolute atomic E-state index is 0.204. The maximum atomic E-state index is 13.2. The summed E-state index contributed by atoms with van der Waals surface area (Å²) in [4.78, 5) is 16.6. The van der Waals surface area contributed by atoms with E-state index in [1.54, 1.807) is 31.5 Å². The Bertz CT molecular complexity index is 1150. The number of amides is 1. The van der Waals surface area contributed by atoms with Gasteiger partial charge in [0, 0.05) is 58.6 Å². The van der Waals surface area contributed by atoms with Crippen LogP contribution in [0.4, 0.5) is 18.9 Å². The van der Waals surface area contributed by atoms with Crippen LogP contribution in [0.5, 0.6) is 0 Å². The van der Waals surface area contributed by atoms with E-state index in [9.17, 15) is 23.1 Å². The van der Waals surface area contributed by atoms with Crippen LogP contribution < -0.4 is 5.32 Å². The van der Waals surface area contributed by atoms with Gasteiger partial charge in [-0.2, -0.15) is 0 Å². The Hall–Kier alpha value is -3.03. The zero-order chi connectivity index (χ0) is 27.8. The molecule has 0 saturated heterocycles. The molecule has 1 heterocycles. The predicted molar refractivity (Wildman–Crippen MR) is 142 cm³/mol. The molecule has 1 amide bonds. The largest absolute Gasteiger partial charge is 0.396 e. The molecule has 1 atom stereocenters. The van der Waals surface area contributed by atoms with E-state index < -0.39 is 29.5 Å². The number of aromatic nitrogens is 1. The number of pyridine rings is 1. The van der Waals surface area contributed by atoms with Crippen LogP contribution in [0.3, 0.4) is 0 Å². The molecule has 0 aliphatic carbocycles. The Morgan fingerprint density at radius 3 is 2.24 bits per heavy atom. The van der Waals surface area contributed by atoms with Gasteiger partial charge >= 0.3 is 0 Å². The minimum atomic E-state index is -1.60. The normalized spacial score (nSPS) is 10.7. The Balaban J connectivity index is 0.000000430. The number of carbonyl (C=O) groups excluding carboxylic acids is 1. The van der Waals surface area contributed by atoms with Gasteiger partial charge in [-0.15, -0.1) is 18.2 Å². The number of hydrogen-bond donors (Lipinski definition) is 3. The van der Waals surface area contributed by atoms with E-state index in [0.29, 0.717) is 34.4 Å². The number of nitrogens with zero attached hydrogens (tertiary/aromatic N) is 1. The SMILES string of the molecule is C#Cc1ccncc1.CC(O)CSc1cc(C(=O)Nc2cc(F)c(F)c(F)c2)ccc1Cl.CCCCO. The van der Waals surface area contributed by atoms with Crippen molar-refractivity contribution in [2.75, 3.05) is 17.7 Å². The summed E-state index contributed by atoms with van der Waals surface area (Å²) in [5.41, 5.74) is 0.877. The summed E-state index contributed by atoms with van der Waals surface area (Å²) in [6.45, 7) is 4.02. The Morgan fingerprint density at radius 2 is 1.78 bits per heavy atom. The zero-order valence-electron chi connectivity index (χ0n) is 20.3. The molecule has 1 aromatic heterocycles. The lowest BCUT2D eigenvalue weighted by Gasteiger charge is -2.10. The molecule has 1 unspecified atom stereocenters. The quantitative estimate of drug-likeness (QED) is 0.181. The number of thioether (sulfide) groups is 1. The number of aliphatic hydroxyl groups excluding tert-OH is 2. The molecule has 0 saturated carbocycles. The fourth-order valence-corrected chi connectivity index (χ4v) is 3.52. The molecule has 0 spiro atoms. The van der Waals surface area contributed by atoms with Crippen molar-refractivity contribution in [3.05, 3.63) is 88.5 Å². The fraction of sp³-hybridized carbons (Fsp3) is 0.259. The van der Waals surface area contributed by atoms with Gasteiger partial charge < -0.3 is 15.5 Å². The highest BCUT2D eigenvalue weighted by molar-refractivity contribution is 7.99. The number of unbranched alkanes of at least 4 members (excludes halogenated alkanes) is 1. The topological polar surface area (TPSA) is 82.5 Å². The standard InChI is InChI=1S/C16H13ClF3NO2S.C7H5N.C4H10O/c1-8(22)7-24-14-4-9(2-3-11(14)17)16(23)21-10-5-12(18)15(20)13(19)6-10;1-2-7-3-5-8-6-4-7;1-2-3-4-5/h2-6,8,22H,7H2,1H3,(H,21,23);1,3-6H;5H,2-4H2,1H3. The van der Waals surface area contributed by atoms with E-state index in [1.165, 1.54) is 30.0 Å². The van der Waals surface area contributed by atoms with Crippen molar-refractivity contribution in [3.8, 4) is 12.3 Å². The predicted octanol–water partition coefficient (Wildman–Crippen LogP) is 6.32. The van der Waals surface area contributed by atoms with Crippen molar-refractivity contribution in [2.24, 2.45) is 0 Å². The minimum Gasteiger partial charge on any atom is -0.396 e. The number of terminal acetylenes is 1. The van der Waals surface area contributed by atoms with Crippen LogP contribution in [-0.2, 0) is 0 Å². The highest BCUT2D eigenvalue weighted by Gasteiger charge is 2.14. The van der Waals surface area contributed by atoms with Gasteiger partial charge in [0.15, 0.2) is 17.5 Å². The van der Waals surface area contributed by atoms with Crippen LogP contribution in [0.15, 0.2) is 59.8 Å². The van der Waals surface area contributed by atoms with Gasteiger partial charge in [-0.05, 0) is 43.7 Å². The number of halogens is 4. The first-order valence-electron chi connectivity index (χ1n) is 11.2. The summed E-state index contributed by atoms with van der Waals surface area (Å²) in [5, 5.41) is 20.1. The van der Waals surface area contributed by atoms with E-state index in [1.807, 2.05) is 0 Å². The van der Waals surface area contributed by atoms with Crippen LogP contribution in [0.25, 0.3) is 0 Å². The average molecular weight is 553 g/mol. The molecule has 0 radical (unpaired) electrons. The molecule has 3 N–H and O–H groups in total. The van der Waals surface area contributed by atoms with Gasteiger partial charge in [-0.25, -0.2) is 13.2 Å². The summed E-state index contributed by atoms with van der Waals surface area (Å²) in [7, 11) is 0. The highest BCUT2D eigenvalue weighted by atomic mass is 35.5. The van der Waals surface area contributed by atoms with E-state index in [4.69, 9.17) is 23.1 Å². The first-order chi connectivity index (χ1) is 17.6. The van der Waals surface area contributed by atoms with Crippen LogP contribution in [0.2, 0.25) is 5.02 Å². The van der Waals surface area contributed by atoms with Crippen LogP contribution in [0, 0.1) is 29.8 Å². The lowest BCUT2D eigenvalue weighted by molar-refractivity contribution is 0.102. The molecule has 0 bridgehead atoms. The molecule has 3 rings (SSSR count). The number of anilines is 1. The van der Waals surface area contributed by atoms with E-state index in [2.05, 4.69) is 23.1 Å². The zero-order valence-corrected chi connectivity index (χ0v) is 21.9. The summed E-state index contributed by atoms with van der Waals surface area (Å²) >= 11 is 7.30. The third-order valence-corrected chi connectivity index (χ3v) is 6.01. The number of carbonyl (C=O) groups is 1. The molecule has 0 aliphatic heterocycles. The summed E-state index contributed by atoms with van der Waals surface area (Å²) < 4.78 is 39.3. The van der Waals surface area contributed by atoms with Crippen molar-refractivity contribution in [1.29, 1.82) is 0 Å². The number of hydrogen-bond acceptors (Lipinski definition) is 5. The first kappa shape index (κ1) is 32.0. The molecule has 5 nitrogen and oxygen atoms in total. The molecule has 0 aliphatic rings. The summed E-state index contributed by atoms with van der Waals surface area (Å²) in [6, 6.07) is 9.42. The molecule has 37 heavy (non-hydrogen) atoms. The van der Waals surface area contributed by atoms with Gasteiger partial charge in [0.25, 0.3) is 5.91 Å². The first-order valence-corrected chi connectivity index (χ1v) is 12.5. The maximum Gasteiger partial charge on any atom is 0.255 e. The van der Waals surface area contributed by atoms with Crippen molar-refractivity contribution in [3.63, 3.8) is 0 Å². The van der Waals surface area contributed by atoms with E-state index in [-0.39, 0.29) is 11.3 Å².